The van der Waals surface area contributed by atoms with Crippen molar-refractivity contribution in [2.45, 2.75) is 23.5 Å². The van der Waals surface area contributed by atoms with Crippen LogP contribution in [-0.4, -0.2) is 5.25 Å². The third-order valence-corrected chi connectivity index (χ3v) is 4.02. The first kappa shape index (κ1) is 8.37. The Morgan fingerprint density at radius 2 is 2.00 bits per heavy atom. The van der Waals surface area contributed by atoms with Crippen molar-refractivity contribution in [2.75, 3.05) is 0 Å². The van der Waals surface area contributed by atoms with E-state index in [0.29, 0.717) is 0 Å². The standard InChI is InChI=1S/C13H12S/c1-9-8-12-11-5-3-2-4-10(11)6-7-13(12)14-9/h2-7,9H,8H2,1H3. The summed E-state index contributed by atoms with van der Waals surface area (Å²) in [5, 5.41) is 3.57. The number of rotatable bonds is 0. The Morgan fingerprint density at radius 3 is 2.93 bits per heavy atom. The predicted molar refractivity (Wildman–Crippen MR) is 63.0 cm³/mol. The molecule has 0 fully saturated rings. The van der Waals surface area contributed by atoms with Gasteiger partial charge in [0.25, 0.3) is 0 Å². The van der Waals surface area contributed by atoms with E-state index in [2.05, 4.69) is 43.3 Å². The molecule has 0 spiro atoms. The number of thioether (sulfide) groups is 1. The summed E-state index contributed by atoms with van der Waals surface area (Å²) in [5.41, 5.74) is 1.56. The third kappa shape index (κ3) is 1.16. The van der Waals surface area contributed by atoms with Crippen molar-refractivity contribution in [3.63, 3.8) is 0 Å². The second-order valence-electron chi connectivity index (χ2n) is 3.90. The van der Waals surface area contributed by atoms with E-state index >= 15 is 0 Å². The summed E-state index contributed by atoms with van der Waals surface area (Å²) in [7, 11) is 0. The maximum Gasteiger partial charge on any atom is 0.0114 e. The minimum atomic E-state index is 0.746. The van der Waals surface area contributed by atoms with E-state index in [4.69, 9.17) is 0 Å². The monoisotopic (exact) mass is 200 g/mol. The van der Waals surface area contributed by atoms with Crippen LogP contribution in [0.25, 0.3) is 10.8 Å². The summed E-state index contributed by atoms with van der Waals surface area (Å²) in [6.45, 7) is 2.31. The molecule has 0 bridgehead atoms. The van der Waals surface area contributed by atoms with Crippen LogP contribution in [0.1, 0.15) is 12.5 Å². The Balaban J connectivity index is 2.33. The average Bonchev–Trinajstić information content (AvgIpc) is 2.59. The summed E-state index contributed by atoms with van der Waals surface area (Å²) in [4.78, 5) is 1.48. The van der Waals surface area contributed by atoms with Crippen LogP contribution in [0.3, 0.4) is 0 Å². The van der Waals surface area contributed by atoms with Crippen molar-refractivity contribution in [1.82, 2.24) is 0 Å². The predicted octanol–water partition coefficient (Wildman–Crippen LogP) is 3.88. The van der Waals surface area contributed by atoms with Gasteiger partial charge in [0, 0.05) is 10.1 Å². The zero-order valence-corrected chi connectivity index (χ0v) is 8.97. The van der Waals surface area contributed by atoms with Gasteiger partial charge in [-0.2, -0.15) is 0 Å². The lowest BCUT2D eigenvalue weighted by Gasteiger charge is -2.03. The number of hydrogen-bond donors (Lipinski definition) is 0. The Hall–Kier alpha value is -0.950. The van der Waals surface area contributed by atoms with Gasteiger partial charge in [-0.1, -0.05) is 37.3 Å². The Kier molecular flexibility index (Phi) is 1.81. The molecule has 1 heterocycles. The van der Waals surface area contributed by atoms with E-state index in [1.807, 2.05) is 11.8 Å². The molecule has 1 aliphatic heterocycles. The molecule has 0 aromatic heterocycles. The molecule has 0 saturated carbocycles. The third-order valence-electron chi connectivity index (χ3n) is 2.82. The molecule has 70 valence electrons. The van der Waals surface area contributed by atoms with Gasteiger partial charge in [-0.3, -0.25) is 0 Å². The lowest BCUT2D eigenvalue weighted by Crippen LogP contribution is -1.91. The van der Waals surface area contributed by atoms with Crippen LogP contribution in [0, 0.1) is 0 Å². The fraction of sp³-hybridized carbons (Fsp3) is 0.231. The van der Waals surface area contributed by atoms with Crippen LogP contribution >= 0.6 is 11.8 Å². The van der Waals surface area contributed by atoms with Crippen molar-refractivity contribution in [3.05, 3.63) is 42.0 Å². The Morgan fingerprint density at radius 1 is 1.14 bits per heavy atom. The summed E-state index contributed by atoms with van der Waals surface area (Å²) < 4.78 is 0. The van der Waals surface area contributed by atoms with Gasteiger partial charge >= 0.3 is 0 Å². The first-order valence-electron chi connectivity index (χ1n) is 5.02. The van der Waals surface area contributed by atoms with Gasteiger partial charge in [-0.05, 0) is 28.8 Å². The normalized spacial score (nSPS) is 19.9. The molecule has 2 aromatic carbocycles. The largest absolute Gasteiger partial charge is 0.122 e. The smallest absolute Gasteiger partial charge is 0.0114 e. The van der Waals surface area contributed by atoms with Gasteiger partial charge in [-0.15, -0.1) is 11.8 Å². The molecule has 1 unspecified atom stereocenters. The van der Waals surface area contributed by atoms with Gasteiger partial charge in [0.1, 0.15) is 0 Å². The van der Waals surface area contributed by atoms with Crippen LogP contribution < -0.4 is 0 Å². The molecule has 14 heavy (non-hydrogen) atoms. The number of hydrogen-bond acceptors (Lipinski definition) is 1. The van der Waals surface area contributed by atoms with Crippen LogP contribution in [0.15, 0.2) is 41.3 Å². The second kappa shape index (κ2) is 3.03. The Bertz CT molecular complexity index is 488. The van der Waals surface area contributed by atoms with E-state index < -0.39 is 0 Å². The van der Waals surface area contributed by atoms with E-state index in [0.717, 1.165) is 5.25 Å². The SMILES string of the molecule is CC1Cc2c(ccc3ccccc23)S1. The highest BCUT2D eigenvalue weighted by molar-refractivity contribution is 8.00. The van der Waals surface area contributed by atoms with Crippen molar-refractivity contribution in [3.8, 4) is 0 Å². The van der Waals surface area contributed by atoms with E-state index in [1.165, 1.54) is 22.1 Å². The fourth-order valence-electron chi connectivity index (χ4n) is 2.18. The van der Waals surface area contributed by atoms with E-state index in [-0.39, 0.29) is 0 Å². The van der Waals surface area contributed by atoms with Crippen molar-refractivity contribution in [1.29, 1.82) is 0 Å². The van der Waals surface area contributed by atoms with Gasteiger partial charge in [0.2, 0.25) is 0 Å². The molecule has 0 N–H and O–H groups in total. The molecule has 1 atom stereocenters. The van der Waals surface area contributed by atoms with Crippen LogP contribution in [0.2, 0.25) is 0 Å². The highest BCUT2D eigenvalue weighted by Gasteiger charge is 2.19. The topological polar surface area (TPSA) is 0 Å². The quantitative estimate of drug-likeness (QED) is 0.622. The van der Waals surface area contributed by atoms with Gasteiger partial charge < -0.3 is 0 Å². The minimum absolute atomic E-state index is 0.746. The molecule has 2 aromatic rings. The van der Waals surface area contributed by atoms with E-state index in [1.54, 1.807) is 5.56 Å². The molecule has 0 amide bonds. The molecule has 0 saturated heterocycles. The zero-order chi connectivity index (χ0) is 9.54. The first-order valence-corrected chi connectivity index (χ1v) is 5.90. The van der Waals surface area contributed by atoms with Gasteiger partial charge in [0.05, 0.1) is 0 Å². The van der Waals surface area contributed by atoms with E-state index in [9.17, 15) is 0 Å². The molecule has 0 nitrogen and oxygen atoms in total. The highest BCUT2D eigenvalue weighted by Crippen LogP contribution is 2.40. The molecule has 3 rings (SSSR count). The lowest BCUT2D eigenvalue weighted by atomic mass is 10.0. The maximum atomic E-state index is 2.31. The lowest BCUT2D eigenvalue weighted by molar-refractivity contribution is 0.969. The van der Waals surface area contributed by atoms with Crippen LogP contribution in [0.4, 0.5) is 0 Å². The molecule has 1 heteroatoms. The first-order chi connectivity index (χ1) is 6.84. The maximum absolute atomic E-state index is 2.31. The number of benzene rings is 2. The Labute approximate surface area is 88.3 Å². The van der Waals surface area contributed by atoms with Crippen molar-refractivity contribution >= 4 is 22.5 Å². The molecule has 0 radical (unpaired) electrons. The summed E-state index contributed by atoms with van der Waals surface area (Å²) in [6, 6.07) is 13.2. The highest BCUT2D eigenvalue weighted by atomic mass is 32.2. The molecular weight excluding hydrogens is 188 g/mol. The van der Waals surface area contributed by atoms with Gasteiger partial charge in [-0.25, -0.2) is 0 Å². The van der Waals surface area contributed by atoms with Crippen molar-refractivity contribution in [2.24, 2.45) is 0 Å². The van der Waals surface area contributed by atoms with Crippen molar-refractivity contribution < 1.29 is 0 Å². The molecular formula is C13H12S. The van der Waals surface area contributed by atoms with Crippen LogP contribution in [-0.2, 0) is 6.42 Å². The molecule has 0 aliphatic carbocycles. The zero-order valence-electron chi connectivity index (χ0n) is 8.16. The number of fused-ring (bicyclic) bond motifs is 3. The molecule has 1 aliphatic rings. The second-order valence-corrected chi connectivity index (χ2v) is 5.38. The summed E-state index contributed by atoms with van der Waals surface area (Å²) in [5.74, 6) is 0. The summed E-state index contributed by atoms with van der Waals surface area (Å²) >= 11 is 2.01. The average molecular weight is 200 g/mol. The van der Waals surface area contributed by atoms with Gasteiger partial charge in [0.15, 0.2) is 0 Å². The minimum Gasteiger partial charge on any atom is -0.122 e. The summed E-state index contributed by atoms with van der Waals surface area (Å²) in [6.07, 6.45) is 1.22. The van der Waals surface area contributed by atoms with Crippen LogP contribution in [0.5, 0.6) is 0 Å². The fourth-order valence-corrected chi connectivity index (χ4v) is 3.35.